The van der Waals surface area contributed by atoms with Gasteiger partial charge in [-0.1, -0.05) is 24.2 Å². The van der Waals surface area contributed by atoms with E-state index in [-0.39, 0.29) is 17.4 Å². The lowest BCUT2D eigenvalue weighted by atomic mass is 9.98. The first-order valence-electron chi connectivity index (χ1n) is 7.13. The fraction of sp³-hybridized carbons (Fsp3) is 0.714. The molecule has 1 amide bonds. The largest absolute Gasteiger partial charge is 0.394 e. The molecule has 112 valence electrons. The minimum absolute atomic E-state index is 0.0157. The third kappa shape index (κ3) is 3.49. The highest BCUT2D eigenvalue weighted by Crippen LogP contribution is 2.29. The Bertz CT molecular complexity index is 515. The molecule has 0 radical (unpaired) electrons. The topological polar surface area (TPSA) is 71.3 Å². The molecule has 1 aromatic rings. The van der Waals surface area contributed by atoms with Crippen LogP contribution in [0.5, 0.6) is 0 Å². The van der Waals surface area contributed by atoms with Gasteiger partial charge in [-0.2, -0.15) is 0 Å². The predicted molar refractivity (Wildman–Crippen MR) is 79.0 cm³/mol. The van der Waals surface area contributed by atoms with Gasteiger partial charge in [-0.05, 0) is 26.2 Å². The number of hydrogen-bond acceptors (Lipinski definition) is 4. The maximum Gasteiger partial charge on any atom is 0.307 e. The van der Waals surface area contributed by atoms with Gasteiger partial charge in [0, 0.05) is 24.0 Å². The number of nitrogens with one attached hydrogen (secondary N) is 1. The number of aliphatic hydroxyl groups excluding tert-OH is 1. The molecule has 6 heteroatoms. The van der Waals surface area contributed by atoms with Crippen molar-refractivity contribution in [2.75, 3.05) is 6.61 Å². The average molecular weight is 298 g/mol. The van der Waals surface area contributed by atoms with E-state index in [2.05, 4.69) is 5.32 Å². The van der Waals surface area contributed by atoms with Gasteiger partial charge in [0.15, 0.2) is 0 Å². The monoisotopic (exact) mass is 298 g/mol. The number of rotatable bonds is 6. The molecule has 0 atom stereocenters. The van der Waals surface area contributed by atoms with E-state index in [0.29, 0.717) is 19.4 Å². The maximum absolute atomic E-state index is 12.0. The third-order valence-corrected chi connectivity index (χ3v) is 4.91. The van der Waals surface area contributed by atoms with Gasteiger partial charge in [-0.3, -0.25) is 9.59 Å². The smallest absolute Gasteiger partial charge is 0.307 e. The molecule has 2 rings (SSSR count). The standard InChI is InChI=1S/C14H22N2O3S/c1-11-9-20-13(19)16(11)8-4-5-12(18)15-14(10-17)6-2-3-7-14/h9,17H,2-8,10H2,1H3,(H,15,18). The molecular formula is C14H22N2O3S. The maximum atomic E-state index is 12.0. The SMILES string of the molecule is Cc1csc(=O)n1CCCC(=O)NC1(CO)CCCC1. The molecule has 1 aliphatic carbocycles. The van der Waals surface area contributed by atoms with Gasteiger partial charge in [-0.15, -0.1) is 0 Å². The van der Waals surface area contributed by atoms with Crippen LogP contribution in [0, 0.1) is 6.92 Å². The van der Waals surface area contributed by atoms with Crippen LogP contribution in [0.2, 0.25) is 0 Å². The van der Waals surface area contributed by atoms with Crippen molar-refractivity contribution in [3.63, 3.8) is 0 Å². The Balaban J connectivity index is 1.79. The van der Waals surface area contributed by atoms with Crippen LogP contribution in [0.25, 0.3) is 0 Å². The van der Waals surface area contributed by atoms with E-state index in [0.717, 1.165) is 31.4 Å². The van der Waals surface area contributed by atoms with Gasteiger partial charge >= 0.3 is 4.87 Å². The van der Waals surface area contributed by atoms with Crippen molar-refractivity contribution < 1.29 is 9.90 Å². The minimum Gasteiger partial charge on any atom is -0.394 e. The number of thiazole rings is 1. The Morgan fingerprint density at radius 2 is 2.20 bits per heavy atom. The Kier molecular flexibility index (Phi) is 4.99. The second-order valence-electron chi connectivity index (χ2n) is 5.59. The van der Waals surface area contributed by atoms with Crippen LogP contribution in [0.15, 0.2) is 10.2 Å². The Hall–Kier alpha value is -1.14. The van der Waals surface area contributed by atoms with Crippen LogP contribution >= 0.6 is 11.3 Å². The van der Waals surface area contributed by atoms with Crippen molar-refractivity contribution >= 4 is 17.2 Å². The normalized spacial score (nSPS) is 17.3. The summed E-state index contributed by atoms with van der Waals surface area (Å²) in [4.78, 5) is 23.5. The number of aliphatic hydroxyl groups is 1. The summed E-state index contributed by atoms with van der Waals surface area (Å²) in [5, 5.41) is 14.3. The molecule has 0 aliphatic heterocycles. The molecule has 0 saturated heterocycles. The predicted octanol–water partition coefficient (Wildman–Crippen LogP) is 1.42. The van der Waals surface area contributed by atoms with E-state index in [1.807, 2.05) is 12.3 Å². The highest BCUT2D eigenvalue weighted by molar-refractivity contribution is 7.07. The van der Waals surface area contributed by atoms with Gasteiger partial charge in [0.2, 0.25) is 5.91 Å². The zero-order valence-corrected chi connectivity index (χ0v) is 12.7. The summed E-state index contributed by atoms with van der Waals surface area (Å²) < 4.78 is 1.70. The van der Waals surface area contributed by atoms with Crippen LogP contribution in [-0.4, -0.2) is 27.7 Å². The van der Waals surface area contributed by atoms with Crippen molar-refractivity contribution in [1.82, 2.24) is 9.88 Å². The van der Waals surface area contributed by atoms with E-state index < -0.39 is 5.54 Å². The fourth-order valence-electron chi connectivity index (χ4n) is 2.80. The number of aromatic nitrogens is 1. The van der Waals surface area contributed by atoms with E-state index in [9.17, 15) is 14.7 Å². The first-order valence-corrected chi connectivity index (χ1v) is 8.01. The van der Waals surface area contributed by atoms with Gasteiger partial charge in [-0.25, -0.2) is 0 Å². The van der Waals surface area contributed by atoms with Gasteiger partial charge in [0.1, 0.15) is 0 Å². The number of nitrogens with zero attached hydrogens (tertiary/aromatic N) is 1. The Morgan fingerprint density at radius 1 is 1.50 bits per heavy atom. The molecule has 0 unspecified atom stereocenters. The second-order valence-corrected chi connectivity index (χ2v) is 6.41. The van der Waals surface area contributed by atoms with Gasteiger partial charge in [0.05, 0.1) is 12.1 Å². The summed E-state index contributed by atoms with van der Waals surface area (Å²) >= 11 is 1.19. The third-order valence-electron chi connectivity index (χ3n) is 4.03. The summed E-state index contributed by atoms with van der Waals surface area (Å²) in [6.07, 6.45) is 4.87. The second kappa shape index (κ2) is 6.54. The number of carbonyl (C=O) groups is 1. The lowest BCUT2D eigenvalue weighted by Crippen LogP contribution is -2.49. The quantitative estimate of drug-likeness (QED) is 0.834. The molecule has 0 aromatic carbocycles. The van der Waals surface area contributed by atoms with Gasteiger partial charge in [0.25, 0.3) is 0 Å². The first-order chi connectivity index (χ1) is 9.56. The number of aryl methyl sites for hydroxylation is 1. The lowest BCUT2D eigenvalue weighted by molar-refractivity contribution is -0.123. The lowest BCUT2D eigenvalue weighted by Gasteiger charge is -2.28. The molecule has 0 spiro atoms. The first kappa shape index (κ1) is 15.3. The molecule has 2 N–H and O–H groups in total. The zero-order valence-electron chi connectivity index (χ0n) is 11.9. The van der Waals surface area contributed by atoms with Crippen LogP contribution in [-0.2, 0) is 11.3 Å². The molecule has 1 saturated carbocycles. The van der Waals surface area contributed by atoms with Crippen molar-refractivity contribution in [3.05, 3.63) is 20.7 Å². The summed E-state index contributed by atoms with van der Waals surface area (Å²) in [7, 11) is 0. The summed E-state index contributed by atoms with van der Waals surface area (Å²) in [5.74, 6) is -0.0260. The molecule has 1 aromatic heterocycles. The van der Waals surface area contributed by atoms with E-state index in [1.54, 1.807) is 4.57 Å². The summed E-state index contributed by atoms with van der Waals surface area (Å²) in [6, 6.07) is 0. The molecule has 1 heterocycles. The van der Waals surface area contributed by atoms with Crippen LogP contribution in [0.1, 0.15) is 44.2 Å². The fourth-order valence-corrected chi connectivity index (χ4v) is 3.57. The minimum atomic E-state index is -0.397. The Morgan fingerprint density at radius 3 is 2.75 bits per heavy atom. The van der Waals surface area contributed by atoms with E-state index in [1.165, 1.54) is 11.3 Å². The highest BCUT2D eigenvalue weighted by Gasteiger charge is 2.34. The van der Waals surface area contributed by atoms with Crippen molar-refractivity contribution in [2.45, 2.75) is 57.5 Å². The molecule has 20 heavy (non-hydrogen) atoms. The number of hydrogen-bond donors (Lipinski definition) is 2. The molecule has 0 bridgehead atoms. The van der Waals surface area contributed by atoms with E-state index >= 15 is 0 Å². The molecule has 1 aliphatic rings. The molecular weight excluding hydrogens is 276 g/mol. The van der Waals surface area contributed by atoms with E-state index in [4.69, 9.17) is 0 Å². The summed E-state index contributed by atoms with van der Waals surface area (Å²) in [5.41, 5.74) is 0.551. The zero-order chi connectivity index (χ0) is 14.6. The molecule has 1 fully saturated rings. The van der Waals surface area contributed by atoms with Crippen LogP contribution < -0.4 is 10.2 Å². The average Bonchev–Trinajstić information content (AvgIpc) is 3.00. The number of carbonyl (C=O) groups excluding carboxylic acids is 1. The summed E-state index contributed by atoms with van der Waals surface area (Å²) in [6.45, 7) is 2.49. The Labute approximate surface area is 122 Å². The van der Waals surface area contributed by atoms with Crippen LogP contribution in [0.3, 0.4) is 0 Å². The van der Waals surface area contributed by atoms with Crippen molar-refractivity contribution in [3.8, 4) is 0 Å². The van der Waals surface area contributed by atoms with Crippen LogP contribution in [0.4, 0.5) is 0 Å². The molecule has 5 nitrogen and oxygen atoms in total. The van der Waals surface area contributed by atoms with Crippen molar-refractivity contribution in [2.24, 2.45) is 0 Å². The van der Waals surface area contributed by atoms with Gasteiger partial charge < -0.3 is 15.0 Å². The number of amides is 1. The highest BCUT2D eigenvalue weighted by atomic mass is 32.1. The van der Waals surface area contributed by atoms with Crippen molar-refractivity contribution in [1.29, 1.82) is 0 Å².